The van der Waals surface area contributed by atoms with Crippen molar-refractivity contribution in [3.63, 3.8) is 0 Å². The van der Waals surface area contributed by atoms with Crippen LogP contribution in [0.15, 0.2) is 77.4 Å². The molecule has 1 aliphatic heterocycles. The fourth-order valence-corrected chi connectivity index (χ4v) is 4.33. The van der Waals surface area contributed by atoms with Gasteiger partial charge in [-0.05, 0) is 18.1 Å². The molecule has 1 aliphatic rings. The Labute approximate surface area is 174 Å². The van der Waals surface area contributed by atoms with Gasteiger partial charge in [-0.25, -0.2) is 4.98 Å². The van der Waals surface area contributed by atoms with Gasteiger partial charge in [0.1, 0.15) is 5.01 Å². The smallest absolute Gasteiger partial charge is 0.267 e. The summed E-state index contributed by atoms with van der Waals surface area (Å²) in [5.74, 6) is -0.108. The molecule has 0 fully saturated rings. The molecule has 5 nitrogen and oxygen atoms in total. The molecular weight excluding hydrogens is 382 g/mol. The lowest BCUT2D eigenvalue weighted by atomic mass is 9.85. The summed E-state index contributed by atoms with van der Waals surface area (Å²) in [6.07, 6.45) is 1.63. The standard InChI is InChI=1S/C23H23N3O2S/c1-16(22-24-13-14-29-22)26(2)23(27)20-15-19(25-28-20)21(17-9-5-3-6-10-17)18-11-7-4-8-12-18/h3-14,16,20-21H,15H2,1-2H3. The van der Waals surface area contributed by atoms with Crippen molar-refractivity contribution in [3.8, 4) is 0 Å². The Kier molecular flexibility index (Phi) is 5.71. The molecular formula is C23H23N3O2S. The minimum Gasteiger partial charge on any atom is -0.382 e. The number of rotatable bonds is 6. The Bertz CT molecular complexity index is 934. The van der Waals surface area contributed by atoms with Gasteiger partial charge < -0.3 is 9.74 Å². The number of aromatic nitrogens is 1. The highest BCUT2D eigenvalue weighted by molar-refractivity contribution is 7.09. The van der Waals surface area contributed by atoms with Crippen LogP contribution in [0, 0.1) is 0 Å². The van der Waals surface area contributed by atoms with Crippen molar-refractivity contribution in [2.24, 2.45) is 5.16 Å². The minimum absolute atomic E-state index is 0.0307. The highest BCUT2D eigenvalue weighted by atomic mass is 32.1. The number of thiazole rings is 1. The molecule has 3 aromatic rings. The van der Waals surface area contributed by atoms with Crippen LogP contribution in [0.3, 0.4) is 0 Å². The molecule has 0 spiro atoms. The molecule has 2 unspecified atom stereocenters. The number of carbonyl (C=O) groups excluding carboxylic acids is 1. The van der Waals surface area contributed by atoms with Gasteiger partial charge in [-0.2, -0.15) is 0 Å². The van der Waals surface area contributed by atoms with E-state index in [1.165, 1.54) is 0 Å². The molecule has 0 aliphatic carbocycles. The molecule has 2 atom stereocenters. The van der Waals surface area contributed by atoms with Crippen molar-refractivity contribution in [3.05, 3.63) is 88.4 Å². The molecule has 2 heterocycles. The molecule has 0 saturated heterocycles. The third-order valence-electron chi connectivity index (χ3n) is 5.30. The van der Waals surface area contributed by atoms with Gasteiger partial charge in [-0.3, -0.25) is 4.79 Å². The summed E-state index contributed by atoms with van der Waals surface area (Å²) < 4.78 is 0. The van der Waals surface area contributed by atoms with Crippen LogP contribution in [0.25, 0.3) is 0 Å². The van der Waals surface area contributed by atoms with Crippen molar-refractivity contribution in [2.75, 3.05) is 7.05 Å². The molecule has 6 heteroatoms. The van der Waals surface area contributed by atoms with Gasteiger partial charge in [0.15, 0.2) is 0 Å². The second-order valence-corrected chi connectivity index (χ2v) is 8.06. The average Bonchev–Trinajstić information content (AvgIpc) is 3.47. The van der Waals surface area contributed by atoms with E-state index in [9.17, 15) is 4.79 Å². The van der Waals surface area contributed by atoms with E-state index in [-0.39, 0.29) is 17.9 Å². The molecule has 4 rings (SSSR count). The van der Waals surface area contributed by atoms with Gasteiger partial charge in [0, 0.05) is 25.0 Å². The van der Waals surface area contributed by atoms with Crippen LogP contribution in [0.5, 0.6) is 0 Å². The highest BCUT2D eigenvalue weighted by Gasteiger charge is 2.36. The first-order valence-corrected chi connectivity index (χ1v) is 10.5. The molecule has 0 saturated carbocycles. The van der Waals surface area contributed by atoms with Crippen LogP contribution in [0.2, 0.25) is 0 Å². The van der Waals surface area contributed by atoms with Gasteiger partial charge in [-0.15, -0.1) is 11.3 Å². The number of hydrogen-bond acceptors (Lipinski definition) is 5. The molecule has 0 bridgehead atoms. The van der Waals surface area contributed by atoms with Crippen LogP contribution in [0.4, 0.5) is 0 Å². The van der Waals surface area contributed by atoms with E-state index in [1.54, 1.807) is 29.5 Å². The lowest BCUT2D eigenvalue weighted by molar-refractivity contribution is -0.142. The molecule has 1 amide bonds. The van der Waals surface area contributed by atoms with E-state index in [4.69, 9.17) is 4.84 Å². The van der Waals surface area contributed by atoms with Gasteiger partial charge in [0.25, 0.3) is 5.91 Å². The van der Waals surface area contributed by atoms with Crippen molar-refractivity contribution < 1.29 is 9.63 Å². The lowest BCUT2D eigenvalue weighted by Gasteiger charge is -2.25. The molecule has 29 heavy (non-hydrogen) atoms. The zero-order valence-corrected chi connectivity index (χ0v) is 17.3. The van der Waals surface area contributed by atoms with Crippen molar-refractivity contribution in [1.29, 1.82) is 0 Å². The third-order valence-corrected chi connectivity index (χ3v) is 6.25. The fraction of sp³-hybridized carbons (Fsp3) is 0.261. The predicted octanol–water partition coefficient (Wildman–Crippen LogP) is 4.64. The Morgan fingerprint density at radius 2 is 1.72 bits per heavy atom. The number of likely N-dealkylation sites (N-methyl/N-ethyl adjacent to an activating group) is 1. The first-order valence-electron chi connectivity index (χ1n) is 9.63. The summed E-state index contributed by atoms with van der Waals surface area (Å²) in [7, 11) is 1.79. The zero-order valence-electron chi connectivity index (χ0n) is 16.4. The quantitative estimate of drug-likeness (QED) is 0.600. The van der Waals surface area contributed by atoms with E-state index < -0.39 is 6.10 Å². The van der Waals surface area contributed by atoms with Crippen molar-refractivity contribution >= 4 is 23.0 Å². The molecule has 0 radical (unpaired) electrons. The number of benzene rings is 2. The Balaban J connectivity index is 1.53. The molecule has 0 N–H and O–H groups in total. The van der Waals surface area contributed by atoms with E-state index in [0.29, 0.717) is 6.42 Å². The van der Waals surface area contributed by atoms with E-state index in [0.717, 1.165) is 21.8 Å². The SMILES string of the molecule is CC(c1nccs1)N(C)C(=O)C1CC(C(c2ccccc2)c2ccccc2)=NO1. The average molecular weight is 406 g/mol. The summed E-state index contributed by atoms with van der Waals surface area (Å²) in [4.78, 5) is 24.7. The maximum atomic E-state index is 13.0. The lowest BCUT2D eigenvalue weighted by Crippen LogP contribution is -2.38. The molecule has 148 valence electrons. The Hall–Kier alpha value is -2.99. The van der Waals surface area contributed by atoms with Gasteiger partial charge in [0.2, 0.25) is 6.10 Å². The number of oxime groups is 1. The topological polar surface area (TPSA) is 54.8 Å². The predicted molar refractivity (Wildman–Crippen MR) is 115 cm³/mol. The van der Waals surface area contributed by atoms with Gasteiger partial charge in [0.05, 0.1) is 17.7 Å². The number of nitrogens with zero attached hydrogens (tertiary/aromatic N) is 3. The Morgan fingerprint density at radius 1 is 1.10 bits per heavy atom. The second-order valence-electron chi connectivity index (χ2n) is 7.13. The van der Waals surface area contributed by atoms with E-state index in [1.807, 2.05) is 48.7 Å². The van der Waals surface area contributed by atoms with Crippen molar-refractivity contribution in [2.45, 2.75) is 31.4 Å². The Morgan fingerprint density at radius 3 is 2.28 bits per heavy atom. The molecule has 1 aromatic heterocycles. The van der Waals surface area contributed by atoms with Crippen molar-refractivity contribution in [1.82, 2.24) is 9.88 Å². The number of hydrogen-bond donors (Lipinski definition) is 0. The van der Waals surface area contributed by atoms with Crippen LogP contribution in [0.1, 0.15) is 41.4 Å². The minimum atomic E-state index is -0.604. The zero-order chi connectivity index (χ0) is 20.2. The molecule has 2 aromatic carbocycles. The third kappa shape index (κ3) is 4.07. The normalized spacial score (nSPS) is 16.9. The summed E-state index contributed by atoms with van der Waals surface area (Å²) in [5, 5.41) is 7.18. The van der Waals surface area contributed by atoms with Crippen LogP contribution in [-0.2, 0) is 9.63 Å². The largest absolute Gasteiger partial charge is 0.382 e. The number of carbonyl (C=O) groups is 1. The maximum absolute atomic E-state index is 13.0. The highest BCUT2D eigenvalue weighted by Crippen LogP contribution is 2.32. The van der Waals surface area contributed by atoms with E-state index >= 15 is 0 Å². The fourth-order valence-electron chi connectivity index (χ4n) is 3.59. The summed E-state index contributed by atoms with van der Waals surface area (Å²) in [6, 6.07) is 20.3. The van der Waals surface area contributed by atoms with E-state index in [2.05, 4.69) is 34.4 Å². The summed E-state index contributed by atoms with van der Waals surface area (Å²) in [6.45, 7) is 1.98. The monoisotopic (exact) mass is 405 g/mol. The van der Waals surface area contributed by atoms with Gasteiger partial charge in [-0.1, -0.05) is 65.8 Å². The van der Waals surface area contributed by atoms with Crippen LogP contribution in [-0.4, -0.2) is 34.7 Å². The van der Waals surface area contributed by atoms with Crippen LogP contribution < -0.4 is 0 Å². The number of amides is 1. The van der Waals surface area contributed by atoms with Gasteiger partial charge >= 0.3 is 0 Å². The first-order chi connectivity index (χ1) is 14.1. The van der Waals surface area contributed by atoms with Crippen LogP contribution >= 0.6 is 11.3 Å². The second kappa shape index (κ2) is 8.57. The maximum Gasteiger partial charge on any atom is 0.267 e. The summed E-state index contributed by atoms with van der Waals surface area (Å²) in [5.41, 5.74) is 3.15. The first kappa shape index (κ1) is 19.3. The summed E-state index contributed by atoms with van der Waals surface area (Å²) >= 11 is 1.54.